The van der Waals surface area contributed by atoms with Crippen molar-refractivity contribution in [2.45, 2.75) is 65.0 Å². The van der Waals surface area contributed by atoms with E-state index in [4.69, 9.17) is 4.98 Å². The molecule has 7 nitrogen and oxygen atoms in total. The average molecular weight is 398 g/mol. The number of H-pyrrole nitrogens is 1. The largest absolute Gasteiger partial charge is 0.342 e. The van der Waals surface area contributed by atoms with Gasteiger partial charge in [-0.05, 0) is 39.0 Å². The molecule has 0 aromatic carbocycles. The third-order valence-corrected chi connectivity index (χ3v) is 7.21. The van der Waals surface area contributed by atoms with E-state index in [1.54, 1.807) is 4.52 Å². The third kappa shape index (κ3) is 3.29. The second kappa shape index (κ2) is 6.97. The van der Waals surface area contributed by atoms with Crippen LogP contribution in [0.1, 0.15) is 62.9 Å². The van der Waals surface area contributed by atoms with E-state index in [-0.39, 0.29) is 11.5 Å². The highest BCUT2D eigenvalue weighted by atomic mass is 16.2. The Morgan fingerprint density at radius 2 is 1.97 bits per heavy atom. The van der Waals surface area contributed by atoms with Crippen molar-refractivity contribution < 1.29 is 4.79 Å². The summed E-state index contributed by atoms with van der Waals surface area (Å²) in [5.41, 5.74) is 3.62. The minimum Gasteiger partial charge on any atom is -0.342 e. The fourth-order valence-corrected chi connectivity index (χ4v) is 4.98. The number of piperidine rings is 1. The molecule has 2 aromatic heterocycles. The summed E-state index contributed by atoms with van der Waals surface area (Å²) >= 11 is 0. The zero-order valence-electron chi connectivity index (χ0n) is 17.6. The molecule has 29 heavy (non-hydrogen) atoms. The summed E-state index contributed by atoms with van der Waals surface area (Å²) in [6, 6.07) is 2.47. The number of likely N-dealkylation sites (tertiary alicyclic amines) is 1. The number of hydrogen-bond donors (Lipinski definition) is 1. The lowest BCUT2D eigenvalue weighted by atomic mass is 9.93. The second-order valence-electron chi connectivity index (χ2n) is 9.48. The van der Waals surface area contributed by atoms with Gasteiger partial charge in [0.05, 0.1) is 11.3 Å². The van der Waals surface area contributed by atoms with E-state index in [2.05, 4.69) is 30.8 Å². The second-order valence-corrected chi connectivity index (χ2v) is 9.48. The van der Waals surface area contributed by atoms with Crippen molar-refractivity contribution in [1.82, 2.24) is 24.4 Å². The Hall–Kier alpha value is -2.15. The Morgan fingerprint density at radius 3 is 2.62 bits per heavy atom. The maximum atomic E-state index is 13.1. The van der Waals surface area contributed by atoms with Gasteiger partial charge in [-0.3, -0.25) is 19.6 Å². The molecule has 2 aromatic rings. The number of aromatic nitrogens is 3. The molecule has 7 heteroatoms. The van der Waals surface area contributed by atoms with Crippen LogP contribution in [0.5, 0.6) is 0 Å². The lowest BCUT2D eigenvalue weighted by Crippen LogP contribution is -2.40. The van der Waals surface area contributed by atoms with Gasteiger partial charge in [-0.1, -0.05) is 6.92 Å². The summed E-state index contributed by atoms with van der Waals surface area (Å²) in [5, 5.41) is 3.33. The molecule has 1 saturated carbocycles. The fraction of sp³-hybridized carbons (Fsp3) is 0.682. The molecule has 3 aliphatic rings. The van der Waals surface area contributed by atoms with E-state index in [0.717, 1.165) is 67.9 Å². The third-order valence-electron chi connectivity index (χ3n) is 7.21. The normalized spacial score (nSPS) is 25.6. The van der Waals surface area contributed by atoms with Crippen LogP contribution in [0.25, 0.3) is 5.65 Å². The van der Waals surface area contributed by atoms with Crippen molar-refractivity contribution in [3.8, 4) is 0 Å². The van der Waals surface area contributed by atoms with Gasteiger partial charge < -0.3 is 4.90 Å². The molecule has 5 rings (SSSR count). The minimum absolute atomic E-state index is 0.0388. The molecule has 1 N–H and O–H groups in total. The molecule has 1 amide bonds. The van der Waals surface area contributed by atoms with Crippen molar-refractivity contribution in [3.05, 3.63) is 33.4 Å². The minimum atomic E-state index is 0.0388. The summed E-state index contributed by atoms with van der Waals surface area (Å²) < 4.78 is 1.63. The first-order chi connectivity index (χ1) is 13.9. The van der Waals surface area contributed by atoms with Gasteiger partial charge in [0.2, 0.25) is 5.91 Å². The van der Waals surface area contributed by atoms with Crippen LogP contribution in [0.3, 0.4) is 0 Å². The number of carbonyl (C=O) groups is 1. The number of nitrogens with one attached hydrogen (secondary N) is 1. The molecular formula is C22H31N5O2. The van der Waals surface area contributed by atoms with Crippen LogP contribution < -0.4 is 5.56 Å². The number of rotatable bonds is 3. The number of fused-ring (bicyclic) bond motifs is 2. The van der Waals surface area contributed by atoms with Crippen LogP contribution in [0, 0.1) is 11.8 Å². The van der Waals surface area contributed by atoms with E-state index in [1.807, 2.05) is 11.0 Å². The van der Waals surface area contributed by atoms with Crippen molar-refractivity contribution in [1.29, 1.82) is 0 Å². The molecule has 2 atom stereocenters. The van der Waals surface area contributed by atoms with Crippen molar-refractivity contribution >= 4 is 11.6 Å². The lowest BCUT2D eigenvalue weighted by Gasteiger charge is -2.31. The van der Waals surface area contributed by atoms with Gasteiger partial charge in [-0.15, -0.1) is 0 Å². The number of nitrogens with zero attached hydrogens (tertiary/aromatic N) is 4. The predicted octanol–water partition coefficient (Wildman–Crippen LogP) is 2.15. The van der Waals surface area contributed by atoms with E-state index < -0.39 is 0 Å². The van der Waals surface area contributed by atoms with Crippen LogP contribution in [0.2, 0.25) is 0 Å². The first kappa shape index (κ1) is 18.9. The Bertz CT molecular complexity index is 999. The Morgan fingerprint density at radius 1 is 1.24 bits per heavy atom. The molecule has 1 aliphatic carbocycles. The van der Waals surface area contributed by atoms with E-state index in [9.17, 15) is 9.59 Å². The highest BCUT2D eigenvalue weighted by molar-refractivity contribution is 5.81. The van der Waals surface area contributed by atoms with Gasteiger partial charge in [-0.2, -0.15) is 0 Å². The quantitative estimate of drug-likeness (QED) is 0.861. The van der Waals surface area contributed by atoms with E-state index >= 15 is 0 Å². The van der Waals surface area contributed by atoms with Gasteiger partial charge in [0.25, 0.3) is 5.56 Å². The molecular weight excluding hydrogens is 366 g/mol. The zero-order valence-corrected chi connectivity index (χ0v) is 17.6. The first-order valence-corrected chi connectivity index (χ1v) is 11.1. The number of amides is 1. The van der Waals surface area contributed by atoms with Gasteiger partial charge in [0.15, 0.2) is 5.65 Å². The van der Waals surface area contributed by atoms with Crippen LogP contribution in [0.4, 0.5) is 0 Å². The Kier molecular flexibility index (Phi) is 4.53. The summed E-state index contributed by atoms with van der Waals surface area (Å²) in [6.45, 7) is 9.75. The summed E-state index contributed by atoms with van der Waals surface area (Å²) in [7, 11) is 0. The fourth-order valence-electron chi connectivity index (χ4n) is 4.98. The maximum Gasteiger partial charge on any atom is 0.277 e. The van der Waals surface area contributed by atoms with Crippen LogP contribution >= 0.6 is 0 Å². The monoisotopic (exact) mass is 397 g/mol. The molecule has 2 unspecified atom stereocenters. The molecule has 4 heterocycles. The molecule has 0 spiro atoms. The first-order valence-electron chi connectivity index (χ1n) is 11.1. The highest BCUT2D eigenvalue weighted by Crippen LogP contribution is 2.40. The topological polar surface area (TPSA) is 73.7 Å². The Labute approximate surface area is 171 Å². The smallest absolute Gasteiger partial charge is 0.277 e. The average Bonchev–Trinajstić information content (AvgIpc) is 3.29. The van der Waals surface area contributed by atoms with Gasteiger partial charge in [0, 0.05) is 62.2 Å². The molecule has 156 valence electrons. The maximum absolute atomic E-state index is 13.1. The lowest BCUT2D eigenvalue weighted by molar-refractivity contribution is -0.133. The van der Waals surface area contributed by atoms with Crippen LogP contribution in [-0.4, -0.2) is 56.0 Å². The highest BCUT2D eigenvalue weighted by Gasteiger charge is 2.42. The summed E-state index contributed by atoms with van der Waals surface area (Å²) in [5.74, 6) is 1.51. The molecule has 2 fully saturated rings. The standard InChI is InChI=1S/C22H31N5O2/c1-13(2)26-9-6-18-17(12-26)22(29)27-20(23-18)11-19(24-27)15-4-7-25(8-5-15)21(28)16-10-14(16)3/h11,13-16,24H,4-10,12H2,1-3H3. The van der Waals surface area contributed by atoms with Crippen molar-refractivity contribution in [2.24, 2.45) is 11.8 Å². The Balaban J connectivity index is 1.35. The van der Waals surface area contributed by atoms with E-state index in [0.29, 0.717) is 30.3 Å². The van der Waals surface area contributed by atoms with Crippen LogP contribution in [0.15, 0.2) is 10.9 Å². The molecule has 0 bridgehead atoms. The van der Waals surface area contributed by atoms with Crippen LogP contribution in [-0.2, 0) is 17.8 Å². The van der Waals surface area contributed by atoms with E-state index in [1.165, 1.54) is 0 Å². The number of aromatic amines is 1. The van der Waals surface area contributed by atoms with Gasteiger partial charge in [-0.25, -0.2) is 9.50 Å². The number of carbonyl (C=O) groups excluding carboxylic acids is 1. The SMILES string of the molecule is CC1CC1C(=O)N1CCC(c2cc3nc4c(c(=O)n3[nH]2)CN(C(C)C)CC4)CC1. The molecule has 1 saturated heterocycles. The summed E-state index contributed by atoms with van der Waals surface area (Å²) in [6.07, 6.45) is 3.76. The van der Waals surface area contributed by atoms with Crippen molar-refractivity contribution in [3.63, 3.8) is 0 Å². The predicted molar refractivity (Wildman–Crippen MR) is 111 cm³/mol. The zero-order chi connectivity index (χ0) is 20.3. The summed E-state index contributed by atoms with van der Waals surface area (Å²) in [4.78, 5) is 34.8. The van der Waals surface area contributed by atoms with Gasteiger partial charge >= 0.3 is 0 Å². The van der Waals surface area contributed by atoms with Gasteiger partial charge in [0.1, 0.15) is 0 Å². The molecule has 0 radical (unpaired) electrons. The number of hydrogen-bond acceptors (Lipinski definition) is 4. The van der Waals surface area contributed by atoms with Crippen molar-refractivity contribution in [2.75, 3.05) is 19.6 Å². The molecule has 2 aliphatic heterocycles.